The molecule has 0 aliphatic rings. The molecule has 21 heavy (non-hydrogen) atoms. The molecule has 0 aliphatic heterocycles. The van der Waals surface area contributed by atoms with Gasteiger partial charge in [0.15, 0.2) is 0 Å². The van der Waals surface area contributed by atoms with Gasteiger partial charge in [0.1, 0.15) is 11.5 Å². The fourth-order valence-corrected chi connectivity index (χ4v) is 2.11. The predicted octanol–water partition coefficient (Wildman–Crippen LogP) is 1.83. The van der Waals surface area contributed by atoms with E-state index in [1.807, 2.05) is 24.3 Å². The molecule has 0 unspecified atom stereocenters. The number of phenols is 2. The molecule has 0 aromatic heterocycles. The minimum absolute atomic E-state index is 0.0812. The highest BCUT2D eigenvalue weighted by Gasteiger charge is 2.16. The van der Waals surface area contributed by atoms with Crippen molar-refractivity contribution in [1.29, 1.82) is 0 Å². The van der Waals surface area contributed by atoms with Crippen LogP contribution in [0, 0.1) is 0 Å². The molecule has 0 aliphatic carbocycles. The smallest absolute Gasteiger partial charge is 0.257 e. The van der Waals surface area contributed by atoms with Crippen molar-refractivity contribution in [2.24, 2.45) is 5.73 Å². The van der Waals surface area contributed by atoms with E-state index in [9.17, 15) is 15.0 Å². The normalized spacial score (nSPS) is 10.4. The van der Waals surface area contributed by atoms with Crippen molar-refractivity contribution in [3.8, 4) is 11.5 Å². The van der Waals surface area contributed by atoms with Crippen LogP contribution < -0.4 is 5.73 Å². The van der Waals surface area contributed by atoms with E-state index in [1.54, 1.807) is 7.05 Å². The third-order valence-electron chi connectivity index (χ3n) is 3.21. The predicted molar refractivity (Wildman–Crippen MR) is 79.9 cm³/mol. The summed E-state index contributed by atoms with van der Waals surface area (Å²) in [6.07, 6.45) is 0. The highest BCUT2D eigenvalue weighted by molar-refractivity contribution is 5.96. The second kappa shape index (κ2) is 6.28. The lowest BCUT2D eigenvalue weighted by atomic mass is 10.1. The van der Waals surface area contributed by atoms with E-state index >= 15 is 0 Å². The van der Waals surface area contributed by atoms with Gasteiger partial charge < -0.3 is 20.8 Å². The number of benzene rings is 2. The number of hydrogen-bond acceptors (Lipinski definition) is 4. The van der Waals surface area contributed by atoms with Crippen LogP contribution >= 0.6 is 0 Å². The monoisotopic (exact) mass is 286 g/mol. The number of rotatable bonds is 4. The summed E-state index contributed by atoms with van der Waals surface area (Å²) in [7, 11) is 1.66. The number of carbonyl (C=O) groups is 1. The lowest BCUT2D eigenvalue weighted by Gasteiger charge is -2.18. The topological polar surface area (TPSA) is 86.8 Å². The van der Waals surface area contributed by atoms with Crippen LogP contribution in [-0.4, -0.2) is 28.1 Å². The molecule has 0 radical (unpaired) electrons. The molecule has 0 heterocycles. The molecule has 2 aromatic carbocycles. The Labute approximate surface area is 123 Å². The quantitative estimate of drug-likeness (QED) is 0.800. The minimum atomic E-state index is -0.314. The summed E-state index contributed by atoms with van der Waals surface area (Å²) in [5, 5.41) is 19.0. The number of amides is 1. The molecule has 4 N–H and O–H groups in total. The molecule has 110 valence electrons. The minimum Gasteiger partial charge on any atom is -0.508 e. The van der Waals surface area contributed by atoms with Crippen LogP contribution in [0.1, 0.15) is 21.5 Å². The third kappa shape index (κ3) is 3.52. The van der Waals surface area contributed by atoms with Crippen molar-refractivity contribution >= 4 is 5.91 Å². The van der Waals surface area contributed by atoms with Crippen LogP contribution in [0.15, 0.2) is 42.5 Å². The van der Waals surface area contributed by atoms with Crippen molar-refractivity contribution in [1.82, 2.24) is 4.90 Å². The Morgan fingerprint density at radius 3 is 2.52 bits per heavy atom. The van der Waals surface area contributed by atoms with Crippen molar-refractivity contribution in [3.63, 3.8) is 0 Å². The Hall–Kier alpha value is -2.53. The molecule has 0 bridgehead atoms. The van der Waals surface area contributed by atoms with Crippen LogP contribution in [0.3, 0.4) is 0 Å². The van der Waals surface area contributed by atoms with E-state index in [0.29, 0.717) is 13.1 Å². The maximum absolute atomic E-state index is 12.3. The zero-order valence-corrected chi connectivity index (χ0v) is 11.8. The van der Waals surface area contributed by atoms with Gasteiger partial charge in [0, 0.05) is 26.2 Å². The molecule has 2 aromatic rings. The first-order valence-corrected chi connectivity index (χ1v) is 6.56. The Kier molecular flexibility index (Phi) is 4.45. The first-order chi connectivity index (χ1) is 10.0. The maximum Gasteiger partial charge on any atom is 0.257 e. The molecule has 0 fully saturated rings. The van der Waals surface area contributed by atoms with Gasteiger partial charge in [-0.1, -0.05) is 24.3 Å². The average Bonchev–Trinajstić information content (AvgIpc) is 2.46. The highest BCUT2D eigenvalue weighted by Crippen LogP contribution is 2.24. The van der Waals surface area contributed by atoms with E-state index in [4.69, 9.17) is 5.73 Å². The van der Waals surface area contributed by atoms with E-state index in [1.165, 1.54) is 17.0 Å². The van der Waals surface area contributed by atoms with Crippen LogP contribution in [0.2, 0.25) is 0 Å². The van der Waals surface area contributed by atoms with Crippen LogP contribution in [0.4, 0.5) is 0 Å². The van der Waals surface area contributed by atoms with E-state index in [0.717, 1.165) is 17.2 Å². The van der Waals surface area contributed by atoms with Gasteiger partial charge in [0.05, 0.1) is 5.56 Å². The van der Waals surface area contributed by atoms with Crippen molar-refractivity contribution in [2.75, 3.05) is 7.05 Å². The van der Waals surface area contributed by atoms with Crippen LogP contribution in [0.25, 0.3) is 0 Å². The highest BCUT2D eigenvalue weighted by atomic mass is 16.3. The van der Waals surface area contributed by atoms with Gasteiger partial charge in [0.25, 0.3) is 5.91 Å². The van der Waals surface area contributed by atoms with Gasteiger partial charge in [-0.25, -0.2) is 0 Å². The molecule has 2 rings (SSSR count). The molecule has 1 amide bonds. The average molecular weight is 286 g/mol. The number of hydrogen-bond donors (Lipinski definition) is 3. The van der Waals surface area contributed by atoms with Gasteiger partial charge in [0.2, 0.25) is 0 Å². The second-order valence-corrected chi connectivity index (χ2v) is 4.89. The molecule has 0 saturated heterocycles. The van der Waals surface area contributed by atoms with E-state index < -0.39 is 0 Å². The number of phenolic OH excluding ortho intramolecular Hbond substituents is 2. The number of aromatic hydroxyl groups is 2. The lowest BCUT2D eigenvalue weighted by Crippen LogP contribution is -2.26. The summed E-state index contributed by atoms with van der Waals surface area (Å²) < 4.78 is 0. The lowest BCUT2D eigenvalue weighted by molar-refractivity contribution is 0.0782. The summed E-state index contributed by atoms with van der Waals surface area (Å²) in [6.45, 7) is 0.858. The van der Waals surface area contributed by atoms with Crippen LogP contribution in [0.5, 0.6) is 11.5 Å². The number of carbonyl (C=O) groups excluding carboxylic acids is 1. The number of nitrogens with zero attached hydrogens (tertiary/aromatic N) is 1. The van der Waals surface area contributed by atoms with Gasteiger partial charge >= 0.3 is 0 Å². The molecule has 5 heteroatoms. The molecule has 5 nitrogen and oxygen atoms in total. The first kappa shape index (κ1) is 14.9. The Bertz CT molecular complexity index is 656. The largest absolute Gasteiger partial charge is 0.508 e. The fourth-order valence-electron chi connectivity index (χ4n) is 2.11. The van der Waals surface area contributed by atoms with Crippen molar-refractivity contribution < 1.29 is 15.0 Å². The zero-order chi connectivity index (χ0) is 15.4. The summed E-state index contributed by atoms with van der Waals surface area (Å²) in [5.74, 6) is -0.629. The van der Waals surface area contributed by atoms with Crippen LogP contribution in [-0.2, 0) is 13.1 Å². The van der Waals surface area contributed by atoms with Gasteiger partial charge in [-0.15, -0.1) is 0 Å². The number of nitrogens with two attached hydrogens (primary N) is 1. The van der Waals surface area contributed by atoms with Gasteiger partial charge in [-0.2, -0.15) is 0 Å². The Morgan fingerprint density at radius 1 is 1.14 bits per heavy atom. The zero-order valence-electron chi connectivity index (χ0n) is 11.8. The molecular formula is C16H18N2O3. The van der Waals surface area contributed by atoms with Gasteiger partial charge in [-0.05, 0) is 23.3 Å². The molecular weight excluding hydrogens is 268 g/mol. The first-order valence-electron chi connectivity index (χ1n) is 6.56. The van der Waals surface area contributed by atoms with E-state index in [2.05, 4.69) is 0 Å². The summed E-state index contributed by atoms with van der Waals surface area (Å²) in [6, 6.07) is 11.6. The van der Waals surface area contributed by atoms with Gasteiger partial charge in [-0.3, -0.25) is 4.79 Å². The summed E-state index contributed by atoms with van der Waals surface area (Å²) in [5.41, 5.74) is 7.72. The molecule has 0 saturated carbocycles. The Balaban J connectivity index is 2.15. The summed E-state index contributed by atoms with van der Waals surface area (Å²) >= 11 is 0. The third-order valence-corrected chi connectivity index (χ3v) is 3.21. The SMILES string of the molecule is CN(Cc1cccc(CN)c1)C(=O)c1ccc(O)cc1O. The van der Waals surface area contributed by atoms with Crippen molar-refractivity contribution in [3.05, 3.63) is 59.2 Å². The van der Waals surface area contributed by atoms with E-state index in [-0.39, 0.29) is 23.0 Å². The fraction of sp³-hybridized carbons (Fsp3) is 0.188. The molecule has 0 atom stereocenters. The molecule has 0 spiro atoms. The van der Waals surface area contributed by atoms with Crippen molar-refractivity contribution in [2.45, 2.75) is 13.1 Å². The summed E-state index contributed by atoms with van der Waals surface area (Å²) in [4.78, 5) is 13.8. The maximum atomic E-state index is 12.3. The standard InChI is InChI=1S/C16H18N2O3/c1-18(10-12-4-2-3-11(7-12)9-17)16(21)14-6-5-13(19)8-15(14)20/h2-8,19-20H,9-10,17H2,1H3. The Morgan fingerprint density at radius 2 is 1.86 bits per heavy atom. The second-order valence-electron chi connectivity index (χ2n) is 4.89.